The molecule has 0 spiro atoms. The largest absolute Gasteiger partial charge is 0.481 e. The van der Waals surface area contributed by atoms with Crippen molar-refractivity contribution in [2.75, 3.05) is 7.11 Å². The number of nitrogens with zero attached hydrogens (tertiary/aromatic N) is 2. The number of nitrogens with one attached hydrogen (secondary N) is 1. The molecule has 80 valence electrons. The Hall–Kier alpha value is -1.65. The van der Waals surface area contributed by atoms with E-state index in [0.717, 1.165) is 24.4 Å². The van der Waals surface area contributed by atoms with Crippen LogP contribution in [-0.2, 0) is 6.42 Å². The normalized spacial score (nSPS) is 15.0. The monoisotopic (exact) mass is 206 g/mol. The fourth-order valence-electron chi connectivity index (χ4n) is 1.41. The predicted molar refractivity (Wildman–Crippen MR) is 56.2 cm³/mol. The molecule has 3 N–H and O–H groups in total. The highest BCUT2D eigenvalue weighted by atomic mass is 16.5. The summed E-state index contributed by atoms with van der Waals surface area (Å²) in [6.07, 6.45) is 2.65. The van der Waals surface area contributed by atoms with Crippen molar-refractivity contribution in [3.05, 3.63) is 17.6 Å². The molecule has 0 unspecified atom stereocenters. The standard InChI is InChI=1S/C10H14N4O/c1-15-9-5-7(4-8(11)12)13-10(14-9)6-2-3-6/h5-6H,2-4H2,1H3,(H3,11,12). The molecule has 1 aromatic heterocycles. The summed E-state index contributed by atoms with van der Waals surface area (Å²) in [5, 5.41) is 7.23. The van der Waals surface area contributed by atoms with Gasteiger partial charge in [-0.05, 0) is 12.8 Å². The molecule has 2 rings (SSSR count). The molecule has 0 aromatic carbocycles. The summed E-state index contributed by atoms with van der Waals surface area (Å²) in [4.78, 5) is 8.65. The molecule has 0 saturated heterocycles. The van der Waals surface area contributed by atoms with E-state index in [4.69, 9.17) is 15.9 Å². The van der Waals surface area contributed by atoms with Gasteiger partial charge in [-0.1, -0.05) is 0 Å². The molecule has 0 atom stereocenters. The van der Waals surface area contributed by atoms with Crippen molar-refractivity contribution in [2.24, 2.45) is 5.73 Å². The van der Waals surface area contributed by atoms with Crippen LogP contribution in [0.4, 0.5) is 0 Å². The quantitative estimate of drug-likeness (QED) is 0.564. The van der Waals surface area contributed by atoms with Crippen LogP contribution in [0.5, 0.6) is 5.88 Å². The van der Waals surface area contributed by atoms with E-state index in [2.05, 4.69) is 9.97 Å². The second-order valence-electron chi connectivity index (χ2n) is 3.74. The summed E-state index contributed by atoms with van der Waals surface area (Å²) >= 11 is 0. The van der Waals surface area contributed by atoms with Gasteiger partial charge in [0.2, 0.25) is 5.88 Å². The molecule has 1 aliphatic rings. The van der Waals surface area contributed by atoms with Gasteiger partial charge in [0.05, 0.1) is 18.6 Å². The highest BCUT2D eigenvalue weighted by Crippen LogP contribution is 2.38. The molecule has 1 aliphatic carbocycles. The smallest absolute Gasteiger partial charge is 0.216 e. The zero-order valence-corrected chi connectivity index (χ0v) is 8.66. The Labute approximate surface area is 88.2 Å². The lowest BCUT2D eigenvalue weighted by atomic mass is 10.2. The van der Waals surface area contributed by atoms with E-state index < -0.39 is 0 Å². The Bertz CT molecular complexity index is 387. The molecule has 1 saturated carbocycles. The Kier molecular flexibility index (Phi) is 2.53. The Morgan fingerprint density at radius 1 is 1.60 bits per heavy atom. The molecular formula is C10H14N4O. The average Bonchev–Trinajstić information content (AvgIpc) is 2.99. The van der Waals surface area contributed by atoms with E-state index in [-0.39, 0.29) is 5.84 Å². The number of aromatic nitrogens is 2. The van der Waals surface area contributed by atoms with Crippen LogP contribution in [0.2, 0.25) is 0 Å². The van der Waals surface area contributed by atoms with Gasteiger partial charge in [-0.3, -0.25) is 5.41 Å². The molecule has 1 heterocycles. The van der Waals surface area contributed by atoms with E-state index in [9.17, 15) is 0 Å². The molecule has 5 nitrogen and oxygen atoms in total. The minimum Gasteiger partial charge on any atom is -0.481 e. The van der Waals surface area contributed by atoms with Crippen molar-refractivity contribution in [3.8, 4) is 5.88 Å². The Morgan fingerprint density at radius 3 is 2.87 bits per heavy atom. The third kappa shape index (κ3) is 2.43. The lowest BCUT2D eigenvalue weighted by Crippen LogP contribution is -2.14. The maximum absolute atomic E-state index is 7.23. The third-order valence-corrected chi connectivity index (χ3v) is 2.30. The van der Waals surface area contributed by atoms with Gasteiger partial charge in [0.1, 0.15) is 5.82 Å². The molecule has 5 heteroatoms. The molecule has 1 aromatic rings. The molecule has 1 fully saturated rings. The van der Waals surface area contributed by atoms with E-state index >= 15 is 0 Å². The molecule has 0 aliphatic heterocycles. The van der Waals surface area contributed by atoms with Gasteiger partial charge in [-0.15, -0.1) is 0 Å². The van der Waals surface area contributed by atoms with Crippen molar-refractivity contribution in [1.82, 2.24) is 9.97 Å². The Morgan fingerprint density at radius 2 is 2.33 bits per heavy atom. The predicted octanol–water partition coefficient (Wildman–Crippen LogP) is 0.841. The summed E-state index contributed by atoms with van der Waals surface area (Å²) in [5.41, 5.74) is 6.10. The topological polar surface area (TPSA) is 84.9 Å². The number of hydrogen-bond acceptors (Lipinski definition) is 4. The molecular weight excluding hydrogens is 192 g/mol. The van der Waals surface area contributed by atoms with Crippen LogP contribution in [0.3, 0.4) is 0 Å². The second-order valence-corrected chi connectivity index (χ2v) is 3.74. The number of rotatable bonds is 4. The van der Waals surface area contributed by atoms with Gasteiger partial charge in [0, 0.05) is 18.4 Å². The van der Waals surface area contributed by atoms with Crippen LogP contribution in [0.1, 0.15) is 30.3 Å². The Balaban J connectivity index is 2.28. The summed E-state index contributed by atoms with van der Waals surface area (Å²) in [6, 6.07) is 1.73. The first-order chi connectivity index (χ1) is 7.19. The maximum Gasteiger partial charge on any atom is 0.216 e. The number of methoxy groups -OCH3 is 1. The van der Waals surface area contributed by atoms with Crippen molar-refractivity contribution in [3.63, 3.8) is 0 Å². The highest BCUT2D eigenvalue weighted by molar-refractivity contribution is 5.79. The fourth-order valence-corrected chi connectivity index (χ4v) is 1.41. The summed E-state index contributed by atoms with van der Waals surface area (Å²) in [5.74, 6) is 1.97. The van der Waals surface area contributed by atoms with Gasteiger partial charge < -0.3 is 10.5 Å². The summed E-state index contributed by atoms with van der Waals surface area (Å²) < 4.78 is 5.09. The van der Waals surface area contributed by atoms with Crippen molar-refractivity contribution in [1.29, 1.82) is 5.41 Å². The molecule has 0 radical (unpaired) electrons. The van der Waals surface area contributed by atoms with Crippen LogP contribution < -0.4 is 10.5 Å². The van der Waals surface area contributed by atoms with Crippen molar-refractivity contribution >= 4 is 5.84 Å². The van der Waals surface area contributed by atoms with Gasteiger partial charge in [0.15, 0.2) is 0 Å². The zero-order valence-electron chi connectivity index (χ0n) is 8.66. The number of nitrogens with two attached hydrogens (primary N) is 1. The van der Waals surface area contributed by atoms with Gasteiger partial charge in [-0.2, -0.15) is 4.98 Å². The van der Waals surface area contributed by atoms with E-state index in [1.165, 1.54) is 0 Å². The van der Waals surface area contributed by atoms with Crippen molar-refractivity contribution in [2.45, 2.75) is 25.2 Å². The van der Waals surface area contributed by atoms with Crippen LogP contribution in [0.25, 0.3) is 0 Å². The first-order valence-corrected chi connectivity index (χ1v) is 4.94. The third-order valence-electron chi connectivity index (χ3n) is 2.30. The molecule has 0 bridgehead atoms. The minimum atomic E-state index is 0.109. The number of ether oxygens (including phenoxy) is 1. The SMILES string of the molecule is COc1cc(CC(=N)N)nc(C2CC2)n1. The molecule has 0 amide bonds. The maximum atomic E-state index is 7.23. The van der Waals surface area contributed by atoms with Crippen LogP contribution in [-0.4, -0.2) is 22.9 Å². The summed E-state index contributed by atoms with van der Waals surface area (Å²) in [7, 11) is 1.58. The van der Waals surface area contributed by atoms with Gasteiger partial charge in [0.25, 0.3) is 0 Å². The van der Waals surface area contributed by atoms with Gasteiger partial charge in [-0.25, -0.2) is 4.98 Å². The van der Waals surface area contributed by atoms with E-state index in [1.54, 1.807) is 13.2 Å². The van der Waals surface area contributed by atoms with Gasteiger partial charge >= 0.3 is 0 Å². The number of amidine groups is 1. The zero-order chi connectivity index (χ0) is 10.8. The van der Waals surface area contributed by atoms with E-state index in [0.29, 0.717) is 18.2 Å². The van der Waals surface area contributed by atoms with Crippen LogP contribution in [0, 0.1) is 5.41 Å². The highest BCUT2D eigenvalue weighted by Gasteiger charge is 2.27. The van der Waals surface area contributed by atoms with Crippen molar-refractivity contribution < 1.29 is 4.74 Å². The first-order valence-electron chi connectivity index (χ1n) is 4.94. The lowest BCUT2D eigenvalue weighted by molar-refractivity contribution is 0.394. The number of hydrogen-bond donors (Lipinski definition) is 2. The average molecular weight is 206 g/mol. The van der Waals surface area contributed by atoms with Crippen LogP contribution in [0.15, 0.2) is 6.07 Å². The second kappa shape index (κ2) is 3.84. The summed E-state index contributed by atoms with van der Waals surface area (Å²) in [6.45, 7) is 0. The fraction of sp³-hybridized carbons (Fsp3) is 0.500. The van der Waals surface area contributed by atoms with E-state index in [1.807, 2.05) is 0 Å². The first kappa shape index (κ1) is 9.89. The lowest BCUT2D eigenvalue weighted by Gasteiger charge is -2.05. The van der Waals surface area contributed by atoms with Crippen LogP contribution >= 0.6 is 0 Å². The minimum absolute atomic E-state index is 0.109. The molecule has 15 heavy (non-hydrogen) atoms.